The Bertz CT molecular complexity index is 1190. The molecule has 0 spiro atoms. The highest BCUT2D eigenvalue weighted by Crippen LogP contribution is 2.29. The molecule has 0 amide bonds. The Hall–Kier alpha value is -3.57. The van der Waals surface area contributed by atoms with E-state index in [9.17, 15) is 0 Å². The standard InChI is InChI=1S/C20H17N7S/c1-2-3-12-27-18(21-20(28)24-27)13-14-8-10-15(11-9-14)16-6-4-5-7-17(16)19-22-25-26-23-19/h4-11H,12-13H2,1H3,(H,24,28)(H,22,23,25,26). The number of benzene rings is 2. The predicted octanol–water partition coefficient (Wildman–Crippen LogP) is 3.40. The van der Waals surface area contributed by atoms with Gasteiger partial charge in [0.15, 0.2) is 0 Å². The highest BCUT2D eigenvalue weighted by molar-refractivity contribution is 7.71. The first-order chi connectivity index (χ1) is 13.7. The first-order valence-corrected chi connectivity index (χ1v) is 9.13. The highest BCUT2D eigenvalue weighted by Gasteiger charge is 2.11. The topological polar surface area (TPSA) is 88.1 Å². The van der Waals surface area contributed by atoms with Gasteiger partial charge in [-0.05, 0) is 41.0 Å². The first kappa shape index (κ1) is 17.8. The van der Waals surface area contributed by atoms with Gasteiger partial charge >= 0.3 is 0 Å². The molecule has 0 saturated carbocycles. The maximum absolute atomic E-state index is 5.17. The second-order valence-electron chi connectivity index (χ2n) is 6.11. The third-order valence-corrected chi connectivity index (χ3v) is 4.51. The highest BCUT2D eigenvalue weighted by atomic mass is 32.1. The molecule has 0 bridgehead atoms. The van der Waals surface area contributed by atoms with Crippen LogP contribution in [-0.2, 0) is 13.0 Å². The summed E-state index contributed by atoms with van der Waals surface area (Å²) < 4.78 is 2.36. The molecule has 0 aliphatic heterocycles. The van der Waals surface area contributed by atoms with E-state index >= 15 is 0 Å². The Morgan fingerprint density at radius 1 is 1.07 bits per heavy atom. The van der Waals surface area contributed by atoms with E-state index in [2.05, 4.69) is 72.9 Å². The van der Waals surface area contributed by atoms with Gasteiger partial charge in [-0.1, -0.05) is 54.5 Å². The SMILES string of the molecule is CC#CCn1[nH]c(=S)nc1Cc1ccc(-c2ccccc2-c2nn[nH]n2)cc1. The van der Waals surface area contributed by atoms with Crippen molar-refractivity contribution in [2.75, 3.05) is 0 Å². The molecule has 7 nitrogen and oxygen atoms in total. The zero-order valence-corrected chi connectivity index (χ0v) is 16.0. The van der Waals surface area contributed by atoms with Crippen molar-refractivity contribution in [1.29, 1.82) is 0 Å². The number of H-pyrrole nitrogens is 2. The van der Waals surface area contributed by atoms with Crippen LogP contribution in [0.2, 0.25) is 0 Å². The van der Waals surface area contributed by atoms with Gasteiger partial charge in [0, 0.05) is 12.0 Å². The van der Waals surface area contributed by atoms with Crippen molar-refractivity contribution >= 4 is 12.2 Å². The van der Waals surface area contributed by atoms with E-state index in [1.165, 1.54) is 0 Å². The number of tetrazole rings is 1. The van der Waals surface area contributed by atoms with Crippen LogP contribution in [-0.4, -0.2) is 35.4 Å². The summed E-state index contributed by atoms with van der Waals surface area (Å²) in [6.07, 6.45) is 0.672. The van der Waals surface area contributed by atoms with Gasteiger partial charge in [0.25, 0.3) is 0 Å². The van der Waals surface area contributed by atoms with Crippen LogP contribution < -0.4 is 0 Å². The van der Waals surface area contributed by atoms with Crippen molar-refractivity contribution in [3.8, 4) is 34.4 Å². The number of nitrogens with zero attached hydrogens (tertiary/aromatic N) is 5. The van der Waals surface area contributed by atoms with E-state index < -0.39 is 0 Å². The summed E-state index contributed by atoms with van der Waals surface area (Å²) in [6, 6.07) is 16.4. The summed E-state index contributed by atoms with van der Waals surface area (Å²) in [5.41, 5.74) is 4.21. The average molecular weight is 387 g/mol. The monoisotopic (exact) mass is 387 g/mol. The Kier molecular flexibility index (Phi) is 5.08. The third kappa shape index (κ3) is 3.75. The molecule has 138 valence electrons. The number of hydrogen-bond donors (Lipinski definition) is 2. The molecule has 0 unspecified atom stereocenters. The van der Waals surface area contributed by atoms with Crippen LogP contribution in [0.5, 0.6) is 0 Å². The molecule has 4 aromatic rings. The molecule has 0 aliphatic rings. The average Bonchev–Trinajstić information content (AvgIpc) is 3.37. The Morgan fingerprint density at radius 2 is 1.86 bits per heavy atom. The molecule has 28 heavy (non-hydrogen) atoms. The quantitative estimate of drug-likeness (QED) is 0.405. The Balaban J connectivity index is 1.61. The van der Waals surface area contributed by atoms with Gasteiger partial charge < -0.3 is 0 Å². The Morgan fingerprint density at radius 3 is 2.57 bits per heavy atom. The van der Waals surface area contributed by atoms with Crippen LogP contribution in [0.1, 0.15) is 18.3 Å². The zero-order valence-electron chi connectivity index (χ0n) is 15.2. The number of rotatable bonds is 5. The molecule has 8 heteroatoms. The van der Waals surface area contributed by atoms with Crippen molar-refractivity contribution in [3.63, 3.8) is 0 Å². The van der Waals surface area contributed by atoms with Crippen molar-refractivity contribution in [2.24, 2.45) is 0 Å². The number of nitrogens with one attached hydrogen (secondary N) is 2. The fourth-order valence-corrected chi connectivity index (χ4v) is 3.21. The summed E-state index contributed by atoms with van der Waals surface area (Å²) in [4.78, 5) is 4.41. The van der Waals surface area contributed by atoms with E-state index in [-0.39, 0.29) is 0 Å². The molecule has 4 rings (SSSR count). The largest absolute Gasteiger partial charge is 0.270 e. The van der Waals surface area contributed by atoms with E-state index in [0.717, 1.165) is 28.1 Å². The first-order valence-electron chi connectivity index (χ1n) is 8.72. The van der Waals surface area contributed by atoms with E-state index in [4.69, 9.17) is 12.2 Å². The molecule has 2 heterocycles. The van der Waals surface area contributed by atoms with Crippen molar-refractivity contribution in [1.82, 2.24) is 35.4 Å². The number of aromatic nitrogens is 7. The van der Waals surface area contributed by atoms with E-state index in [1.807, 2.05) is 29.8 Å². The van der Waals surface area contributed by atoms with Gasteiger partial charge in [0.2, 0.25) is 10.6 Å². The van der Waals surface area contributed by atoms with Crippen LogP contribution in [0.4, 0.5) is 0 Å². The molecule has 2 N–H and O–H groups in total. The van der Waals surface area contributed by atoms with Crippen molar-refractivity contribution < 1.29 is 0 Å². The lowest BCUT2D eigenvalue weighted by Gasteiger charge is -2.08. The molecule has 0 fully saturated rings. The summed E-state index contributed by atoms with van der Waals surface area (Å²) in [7, 11) is 0. The molecule has 0 aliphatic carbocycles. The fraction of sp³-hybridized carbons (Fsp3) is 0.150. The third-order valence-electron chi connectivity index (χ3n) is 4.33. The normalized spacial score (nSPS) is 10.5. The summed E-state index contributed by atoms with van der Waals surface area (Å²) >= 11 is 5.17. The lowest BCUT2D eigenvalue weighted by molar-refractivity contribution is 0.670. The molecule has 0 atom stereocenters. The summed E-state index contributed by atoms with van der Waals surface area (Å²) in [6.45, 7) is 2.36. The van der Waals surface area contributed by atoms with Gasteiger partial charge in [-0.2, -0.15) is 5.21 Å². The lowest BCUT2D eigenvalue weighted by Crippen LogP contribution is -2.05. The van der Waals surface area contributed by atoms with Crippen LogP contribution in [0.15, 0.2) is 48.5 Å². The van der Waals surface area contributed by atoms with Gasteiger partial charge in [-0.3, -0.25) is 9.78 Å². The second-order valence-corrected chi connectivity index (χ2v) is 6.50. The maximum Gasteiger partial charge on any atom is 0.213 e. The van der Waals surface area contributed by atoms with Gasteiger partial charge in [0.05, 0.1) is 0 Å². The van der Waals surface area contributed by atoms with Crippen LogP contribution >= 0.6 is 12.2 Å². The summed E-state index contributed by atoms with van der Waals surface area (Å²) in [5.74, 6) is 7.36. The summed E-state index contributed by atoms with van der Waals surface area (Å²) in [5, 5.41) is 17.4. The van der Waals surface area contributed by atoms with Crippen LogP contribution in [0.25, 0.3) is 22.5 Å². The number of hydrogen-bond acceptors (Lipinski definition) is 5. The molecule has 2 aromatic carbocycles. The van der Waals surface area contributed by atoms with Crippen LogP contribution in [0, 0.1) is 16.6 Å². The molecular formula is C20H17N7S. The minimum Gasteiger partial charge on any atom is -0.270 e. The van der Waals surface area contributed by atoms with E-state index in [1.54, 1.807) is 0 Å². The van der Waals surface area contributed by atoms with Crippen LogP contribution in [0.3, 0.4) is 0 Å². The van der Waals surface area contributed by atoms with Gasteiger partial charge in [0.1, 0.15) is 12.4 Å². The second kappa shape index (κ2) is 7.98. The zero-order chi connectivity index (χ0) is 19.3. The molecular weight excluding hydrogens is 370 g/mol. The molecule has 2 aromatic heterocycles. The minimum absolute atomic E-state index is 0.471. The van der Waals surface area contributed by atoms with Crippen molar-refractivity contribution in [3.05, 3.63) is 64.7 Å². The lowest BCUT2D eigenvalue weighted by atomic mass is 9.98. The maximum atomic E-state index is 5.17. The predicted molar refractivity (Wildman–Crippen MR) is 109 cm³/mol. The molecule has 0 radical (unpaired) electrons. The number of aromatic amines is 2. The molecule has 0 saturated heterocycles. The van der Waals surface area contributed by atoms with Gasteiger partial charge in [-0.25, -0.2) is 4.98 Å². The minimum atomic E-state index is 0.471. The van der Waals surface area contributed by atoms with Crippen molar-refractivity contribution in [2.45, 2.75) is 19.9 Å². The van der Waals surface area contributed by atoms with Gasteiger partial charge in [-0.15, -0.1) is 16.1 Å². The fourth-order valence-electron chi connectivity index (χ4n) is 3.00. The van der Waals surface area contributed by atoms with E-state index in [0.29, 0.717) is 23.6 Å². The Labute approximate surface area is 166 Å². The smallest absolute Gasteiger partial charge is 0.213 e.